The average Bonchev–Trinajstić information content (AvgIpc) is 2.66. The van der Waals surface area contributed by atoms with Gasteiger partial charge in [-0.25, -0.2) is 9.59 Å². The molecule has 8 nitrogen and oxygen atoms in total. The molecule has 0 N–H and O–H groups in total. The number of nitrogens with zero attached hydrogens (tertiary/aromatic N) is 1. The maximum atomic E-state index is 12.3. The number of benzene rings is 2. The van der Waals surface area contributed by atoms with Crippen LogP contribution < -0.4 is 0 Å². The van der Waals surface area contributed by atoms with Crippen molar-refractivity contribution in [2.75, 3.05) is 7.11 Å². The van der Waals surface area contributed by atoms with Crippen molar-refractivity contribution in [3.8, 4) is 0 Å². The van der Waals surface area contributed by atoms with Gasteiger partial charge in [-0.3, -0.25) is 14.9 Å². The van der Waals surface area contributed by atoms with E-state index in [0.29, 0.717) is 5.56 Å². The van der Waals surface area contributed by atoms with Crippen molar-refractivity contribution in [1.82, 2.24) is 0 Å². The van der Waals surface area contributed by atoms with Gasteiger partial charge >= 0.3 is 11.9 Å². The van der Waals surface area contributed by atoms with Gasteiger partial charge < -0.3 is 9.47 Å². The van der Waals surface area contributed by atoms with Crippen molar-refractivity contribution in [3.05, 3.63) is 75.3 Å². The van der Waals surface area contributed by atoms with Crippen LogP contribution in [0.15, 0.2) is 48.5 Å². The molecule has 0 aliphatic heterocycles. The summed E-state index contributed by atoms with van der Waals surface area (Å²) in [7, 11) is 1.11. The molecule has 0 spiro atoms. The van der Waals surface area contributed by atoms with Crippen molar-refractivity contribution in [2.45, 2.75) is 13.0 Å². The average molecular weight is 357 g/mol. The number of carbonyl (C=O) groups is 3. The first kappa shape index (κ1) is 18.8. The lowest BCUT2D eigenvalue weighted by atomic mass is 10.1. The van der Waals surface area contributed by atoms with E-state index in [1.54, 1.807) is 30.3 Å². The third kappa shape index (κ3) is 4.29. The second-order valence-electron chi connectivity index (χ2n) is 5.30. The normalized spacial score (nSPS) is 11.3. The minimum absolute atomic E-state index is 0.171. The molecule has 134 valence electrons. The molecular weight excluding hydrogens is 342 g/mol. The van der Waals surface area contributed by atoms with Crippen LogP contribution in [0, 0.1) is 10.1 Å². The first-order valence-electron chi connectivity index (χ1n) is 7.51. The fraction of sp³-hybridized carbons (Fsp3) is 0.167. The molecule has 0 heterocycles. The molecule has 0 saturated carbocycles. The molecule has 0 radical (unpaired) electrons. The Bertz CT molecular complexity index is 861. The predicted molar refractivity (Wildman–Crippen MR) is 90.1 cm³/mol. The van der Waals surface area contributed by atoms with Gasteiger partial charge in [-0.05, 0) is 13.0 Å². The van der Waals surface area contributed by atoms with Crippen LogP contribution >= 0.6 is 0 Å². The molecule has 0 fully saturated rings. The Hall–Kier alpha value is -3.55. The van der Waals surface area contributed by atoms with Crippen molar-refractivity contribution < 1.29 is 28.8 Å². The van der Waals surface area contributed by atoms with Crippen LogP contribution in [0.4, 0.5) is 5.69 Å². The van der Waals surface area contributed by atoms with E-state index < -0.39 is 34.4 Å². The van der Waals surface area contributed by atoms with Gasteiger partial charge in [0, 0.05) is 17.7 Å². The van der Waals surface area contributed by atoms with Crippen LogP contribution in [0.1, 0.15) is 38.0 Å². The monoisotopic (exact) mass is 357 g/mol. The Labute approximate surface area is 148 Å². The quantitative estimate of drug-likeness (QED) is 0.338. The molecule has 26 heavy (non-hydrogen) atoms. The summed E-state index contributed by atoms with van der Waals surface area (Å²) >= 11 is 0. The third-order valence-electron chi connectivity index (χ3n) is 3.50. The van der Waals surface area contributed by atoms with Crippen LogP contribution in [-0.4, -0.2) is 35.9 Å². The maximum Gasteiger partial charge on any atom is 0.339 e. The van der Waals surface area contributed by atoms with Gasteiger partial charge in [0.15, 0.2) is 6.10 Å². The minimum atomic E-state index is -1.11. The lowest BCUT2D eigenvalue weighted by Crippen LogP contribution is -2.24. The van der Waals surface area contributed by atoms with Gasteiger partial charge in [0.1, 0.15) is 0 Å². The summed E-state index contributed by atoms with van der Waals surface area (Å²) < 4.78 is 9.61. The van der Waals surface area contributed by atoms with Gasteiger partial charge in [0.05, 0.1) is 23.2 Å². The number of nitro benzene ring substituents is 1. The number of non-ortho nitro benzene ring substituents is 1. The largest absolute Gasteiger partial charge is 0.465 e. The highest BCUT2D eigenvalue weighted by atomic mass is 16.6. The van der Waals surface area contributed by atoms with E-state index in [1.807, 2.05) is 0 Å². The zero-order valence-electron chi connectivity index (χ0n) is 14.0. The van der Waals surface area contributed by atoms with E-state index in [0.717, 1.165) is 25.3 Å². The van der Waals surface area contributed by atoms with Crippen LogP contribution in [0.5, 0.6) is 0 Å². The Morgan fingerprint density at radius 3 is 2.08 bits per heavy atom. The molecule has 0 aliphatic carbocycles. The van der Waals surface area contributed by atoms with Gasteiger partial charge in [0.25, 0.3) is 5.69 Å². The summed E-state index contributed by atoms with van der Waals surface area (Å²) in [5.74, 6) is -2.22. The highest BCUT2D eigenvalue weighted by Crippen LogP contribution is 2.20. The Morgan fingerprint density at radius 2 is 1.54 bits per heavy atom. The van der Waals surface area contributed by atoms with E-state index in [1.165, 1.54) is 6.92 Å². The third-order valence-corrected chi connectivity index (χ3v) is 3.50. The molecule has 0 aromatic heterocycles. The van der Waals surface area contributed by atoms with Gasteiger partial charge in [-0.15, -0.1) is 0 Å². The van der Waals surface area contributed by atoms with E-state index in [9.17, 15) is 24.5 Å². The highest BCUT2D eigenvalue weighted by Gasteiger charge is 2.23. The predicted octanol–water partition coefficient (Wildman–Crippen LogP) is 2.81. The lowest BCUT2D eigenvalue weighted by Gasteiger charge is -2.12. The number of methoxy groups -OCH3 is 1. The molecule has 0 amide bonds. The van der Waals surface area contributed by atoms with E-state index in [-0.39, 0.29) is 11.1 Å². The second kappa shape index (κ2) is 8.02. The highest BCUT2D eigenvalue weighted by molar-refractivity contribution is 6.02. The Morgan fingerprint density at radius 1 is 0.962 bits per heavy atom. The van der Waals surface area contributed by atoms with Gasteiger partial charge in [-0.1, -0.05) is 30.3 Å². The number of Topliss-reactive ketones (excluding diaryl/α,β-unsaturated/α-hetero) is 1. The Kier molecular flexibility index (Phi) is 5.79. The number of ether oxygens (including phenoxy) is 2. The zero-order chi connectivity index (χ0) is 19.3. The SMILES string of the molecule is COC(=O)c1cc(C(=O)OC(C)C(=O)c2ccccc2)cc([N+](=O)[O-])c1. The molecular formula is C18H15NO7. The fourth-order valence-corrected chi connectivity index (χ4v) is 2.19. The number of rotatable bonds is 6. The van der Waals surface area contributed by atoms with Gasteiger partial charge in [0.2, 0.25) is 5.78 Å². The van der Waals surface area contributed by atoms with Crippen molar-refractivity contribution in [2.24, 2.45) is 0 Å². The van der Waals surface area contributed by atoms with E-state index >= 15 is 0 Å². The minimum Gasteiger partial charge on any atom is -0.465 e. The first-order valence-corrected chi connectivity index (χ1v) is 7.51. The number of hydrogen-bond acceptors (Lipinski definition) is 7. The molecule has 2 aromatic rings. The van der Waals surface area contributed by atoms with E-state index in [4.69, 9.17) is 4.74 Å². The summed E-state index contributed by atoms with van der Waals surface area (Å²) in [6.07, 6.45) is -1.11. The van der Waals surface area contributed by atoms with Crippen LogP contribution in [-0.2, 0) is 9.47 Å². The summed E-state index contributed by atoms with van der Waals surface area (Å²) in [6, 6.07) is 11.3. The summed E-state index contributed by atoms with van der Waals surface area (Å²) in [6.45, 7) is 1.39. The van der Waals surface area contributed by atoms with Crippen molar-refractivity contribution in [1.29, 1.82) is 0 Å². The summed E-state index contributed by atoms with van der Waals surface area (Å²) in [5.41, 5.74) is -0.507. The smallest absolute Gasteiger partial charge is 0.339 e. The molecule has 8 heteroatoms. The second-order valence-corrected chi connectivity index (χ2v) is 5.30. The number of nitro groups is 1. The molecule has 2 rings (SSSR count). The molecule has 2 aromatic carbocycles. The first-order chi connectivity index (χ1) is 12.3. The Balaban J connectivity index is 2.25. The molecule has 1 atom stereocenters. The lowest BCUT2D eigenvalue weighted by molar-refractivity contribution is -0.384. The van der Waals surface area contributed by atoms with Crippen LogP contribution in [0.2, 0.25) is 0 Å². The number of esters is 2. The fourth-order valence-electron chi connectivity index (χ4n) is 2.19. The van der Waals surface area contributed by atoms with Crippen molar-refractivity contribution >= 4 is 23.4 Å². The zero-order valence-corrected chi connectivity index (χ0v) is 14.0. The van der Waals surface area contributed by atoms with Crippen LogP contribution in [0.3, 0.4) is 0 Å². The molecule has 1 unspecified atom stereocenters. The van der Waals surface area contributed by atoms with Gasteiger partial charge in [-0.2, -0.15) is 0 Å². The summed E-state index contributed by atoms with van der Waals surface area (Å²) in [5, 5.41) is 11.0. The molecule has 0 bridgehead atoms. The van der Waals surface area contributed by atoms with E-state index in [2.05, 4.69) is 4.74 Å². The van der Waals surface area contributed by atoms with Crippen LogP contribution in [0.25, 0.3) is 0 Å². The van der Waals surface area contributed by atoms with Crippen molar-refractivity contribution in [3.63, 3.8) is 0 Å². The molecule has 0 aliphatic rings. The summed E-state index contributed by atoms with van der Waals surface area (Å²) in [4.78, 5) is 46.4. The topological polar surface area (TPSA) is 113 Å². The number of ketones is 1. The number of hydrogen-bond donors (Lipinski definition) is 0. The maximum absolute atomic E-state index is 12.3. The molecule has 0 saturated heterocycles. The number of carbonyl (C=O) groups excluding carboxylic acids is 3. The standard InChI is InChI=1S/C18H15NO7/c1-11(16(20)12-6-4-3-5-7-12)26-18(22)14-8-13(17(21)25-2)9-15(10-14)19(23)24/h3-11H,1-2H3.